The Morgan fingerprint density at radius 3 is 2.38 bits per heavy atom. The van der Waals surface area contributed by atoms with E-state index in [-0.39, 0.29) is 17.8 Å². The normalized spacial score (nSPS) is 16.4. The number of carbonyl (C=O) groups is 1. The van der Waals surface area contributed by atoms with E-state index < -0.39 is 0 Å². The Kier molecular flexibility index (Phi) is 4.20. The largest absolute Gasteiger partial charge is 0.502 e. The first-order chi connectivity index (χ1) is 11.6. The average Bonchev–Trinajstić information content (AvgIpc) is 2.62. The van der Waals surface area contributed by atoms with Gasteiger partial charge in [0.1, 0.15) is 6.17 Å². The number of ether oxygens (including phenoxy) is 2. The van der Waals surface area contributed by atoms with Crippen LogP contribution < -0.4 is 14.8 Å². The van der Waals surface area contributed by atoms with Gasteiger partial charge in [0, 0.05) is 17.8 Å². The van der Waals surface area contributed by atoms with Crippen LogP contribution in [0.25, 0.3) is 0 Å². The molecular formula is C18H20N2O4. The summed E-state index contributed by atoms with van der Waals surface area (Å²) in [6.45, 7) is 2.46. The second-order valence-electron chi connectivity index (χ2n) is 5.46. The van der Waals surface area contributed by atoms with Gasteiger partial charge in [-0.25, -0.2) is 0 Å². The average molecular weight is 328 g/mol. The van der Waals surface area contributed by atoms with E-state index in [1.54, 1.807) is 17.0 Å². The van der Waals surface area contributed by atoms with Crippen LogP contribution >= 0.6 is 0 Å². The van der Waals surface area contributed by atoms with Crippen molar-refractivity contribution < 1.29 is 19.4 Å². The zero-order chi connectivity index (χ0) is 17.3. The Morgan fingerprint density at radius 1 is 1.17 bits per heavy atom. The molecule has 2 aromatic rings. The summed E-state index contributed by atoms with van der Waals surface area (Å²) >= 11 is 0. The van der Waals surface area contributed by atoms with Crippen molar-refractivity contribution in [3.8, 4) is 17.2 Å². The molecule has 2 N–H and O–H groups in total. The molecule has 1 heterocycles. The van der Waals surface area contributed by atoms with Gasteiger partial charge >= 0.3 is 0 Å². The van der Waals surface area contributed by atoms with Crippen LogP contribution in [0.4, 0.5) is 5.69 Å². The van der Waals surface area contributed by atoms with Crippen molar-refractivity contribution in [2.45, 2.75) is 13.1 Å². The van der Waals surface area contributed by atoms with E-state index in [9.17, 15) is 9.90 Å². The maximum atomic E-state index is 12.8. The van der Waals surface area contributed by atoms with Crippen molar-refractivity contribution in [2.75, 3.05) is 26.1 Å². The Labute approximate surface area is 140 Å². The first kappa shape index (κ1) is 16.0. The number of hydrogen-bond acceptors (Lipinski definition) is 5. The molecule has 0 aliphatic carbocycles. The second-order valence-corrected chi connectivity index (χ2v) is 5.46. The molecule has 0 fully saturated rings. The maximum absolute atomic E-state index is 12.8. The fourth-order valence-corrected chi connectivity index (χ4v) is 2.95. The molecule has 1 amide bonds. The first-order valence-corrected chi connectivity index (χ1v) is 7.72. The molecule has 0 radical (unpaired) electrons. The van der Waals surface area contributed by atoms with Crippen molar-refractivity contribution in [3.63, 3.8) is 0 Å². The lowest BCUT2D eigenvalue weighted by Crippen LogP contribution is -2.42. The Balaban J connectivity index is 2.10. The lowest BCUT2D eigenvalue weighted by molar-refractivity contribution is 0.0694. The van der Waals surface area contributed by atoms with Gasteiger partial charge in [-0.3, -0.25) is 4.79 Å². The van der Waals surface area contributed by atoms with Gasteiger partial charge in [0.25, 0.3) is 5.91 Å². The number of benzene rings is 2. The van der Waals surface area contributed by atoms with E-state index in [0.717, 1.165) is 11.3 Å². The first-order valence-electron chi connectivity index (χ1n) is 7.72. The maximum Gasteiger partial charge on any atom is 0.257 e. The van der Waals surface area contributed by atoms with Crippen LogP contribution in [-0.2, 0) is 0 Å². The van der Waals surface area contributed by atoms with Crippen molar-refractivity contribution >= 4 is 11.6 Å². The molecule has 6 heteroatoms. The van der Waals surface area contributed by atoms with Crippen LogP contribution in [0.1, 0.15) is 29.0 Å². The molecule has 3 rings (SSSR count). The topological polar surface area (TPSA) is 71.0 Å². The van der Waals surface area contributed by atoms with E-state index in [0.29, 0.717) is 23.6 Å². The van der Waals surface area contributed by atoms with E-state index >= 15 is 0 Å². The molecule has 1 aliphatic heterocycles. The summed E-state index contributed by atoms with van der Waals surface area (Å²) in [5.74, 6) is 0.499. The highest BCUT2D eigenvalue weighted by Crippen LogP contribution is 2.41. The van der Waals surface area contributed by atoms with Gasteiger partial charge in [-0.15, -0.1) is 0 Å². The molecule has 1 unspecified atom stereocenters. The molecule has 0 saturated heterocycles. The molecule has 0 spiro atoms. The van der Waals surface area contributed by atoms with Gasteiger partial charge in [-0.2, -0.15) is 0 Å². The number of phenols is 1. The van der Waals surface area contributed by atoms with E-state index in [1.165, 1.54) is 14.2 Å². The van der Waals surface area contributed by atoms with Crippen molar-refractivity contribution in [1.82, 2.24) is 4.90 Å². The van der Waals surface area contributed by atoms with Gasteiger partial charge < -0.3 is 24.8 Å². The zero-order valence-electron chi connectivity index (χ0n) is 13.9. The van der Waals surface area contributed by atoms with E-state index in [4.69, 9.17) is 9.47 Å². The minimum atomic E-state index is -0.374. The minimum Gasteiger partial charge on any atom is -0.502 e. The molecule has 0 saturated carbocycles. The smallest absolute Gasteiger partial charge is 0.257 e. The number of nitrogens with one attached hydrogen (secondary N) is 1. The summed E-state index contributed by atoms with van der Waals surface area (Å²) in [5, 5.41) is 13.5. The highest BCUT2D eigenvalue weighted by atomic mass is 16.5. The summed E-state index contributed by atoms with van der Waals surface area (Å²) in [6.07, 6.45) is -0.374. The van der Waals surface area contributed by atoms with Crippen LogP contribution in [0.5, 0.6) is 17.2 Å². The quantitative estimate of drug-likeness (QED) is 0.903. The Bertz CT molecular complexity index is 750. The van der Waals surface area contributed by atoms with E-state index in [1.807, 2.05) is 31.2 Å². The number of fused-ring (bicyclic) bond motifs is 1. The molecule has 2 aromatic carbocycles. The lowest BCUT2D eigenvalue weighted by Gasteiger charge is -2.37. The third-order valence-electron chi connectivity index (χ3n) is 4.18. The SMILES string of the molecule is CCN1C(=O)c2ccccc2NC1c1cc(OC)c(O)c(OC)c1. The second kappa shape index (κ2) is 6.31. The number of carbonyl (C=O) groups excluding carboxylic acids is 1. The standard InChI is InChI=1S/C18H20N2O4/c1-4-20-17(19-13-8-6-5-7-12(13)18(20)22)11-9-14(23-2)16(21)15(10-11)24-3/h5-10,17,19,21H,4H2,1-3H3. The summed E-state index contributed by atoms with van der Waals surface area (Å²) in [5.41, 5.74) is 2.20. The predicted molar refractivity (Wildman–Crippen MR) is 90.7 cm³/mol. The van der Waals surface area contributed by atoms with Crippen LogP contribution in [0, 0.1) is 0 Å². The fourth-order valence-electron chi connectivity index (χ4n) is 2.95. The van der Waals surface area contributed by atoms with Crippen LogP contribution in [0.3, 0.4) is 0 Å². The summed E-state index contributed by atoms with van der Waals surface area (Å²) in [7, 11) is 2.95. The van der Waals surface area contributed by atoms with Gasteiger partial charge in [0.2, 0.25) is 5.75 Å². The molecule has 126 valence electrons. The molecule has 6 nitrogen and oxygen atoms in total. The van der Waals surface area contributed by atoms with Crippen LogP contribution in [0.15, 0.2) is 36.4 Å². The highest BCUT2D eigenvalue weighted by molar-refractivity contribution is 6.01. The molecule has 0 bridgehead atoms. The Morgan fingerprint density at radius 2 is 1.79 bits per heavy atom. The number of rotatable bonds is 4. The molecular weight excluding hydrogens is 308 g/mol. The number of aromatic hydroxyl groups is 1. The molecule has 1 aliphatic rings. The number of anilines is 1. The number of phenolic OH excluding ortho intramolecular Hbond substituents is 1. The van der Waals surface area contributed by atoms with Crippen LogP contribution in [-0.4, -0.2) is 36.7 Å². The Hall–Kier alpha value is -2.89. The highest BCUT2D eigenvalue weighted by Gasteiger charge is 2.32. The van der Waals surface area contributed by atoms with Gasteiger partial charge in [-0.05, 0) is 31.2 Å². The lowest BCUT2D eigenvalue weighted by atomic mass is 10.0. The number of hydrogen-bond donors (Lipinski definition) is 2. The fraction of sp³-hybridized carbons (Fsp3) is 0.278. The van der Waals surface area contributed by atoms with Crippen LogP contribution in [0.2, 0.25) is 0 Å². The number of methoxy groups -OCH3 is 2. The molecule has 1 atom stereocenters. The zero-order valence-corrected chi connectivity index (χ0v) is 13.9. The van der Waals surface area contributed by atoms with Gasteiger partial charge in [-0.1, -0.05) is 12.1 Å². The number of para-hydroxylation sites is 1. The van der Waals surface area contributed by atoms with Crippen molar-refractivity contribution in [2.24, 2.45) is 0 Å². The summed E-state index contributed by atoms with van der Waals surface area (Å²) < 4.78 is 10.4. The minimum absolute atomic E-state index is 0.0390. The van der Waals surface area contributed by atoms with Gasteiger partial charge in [0.15, 0.2) is 11.5 Å². The monoisotopic (exact) mass is 328 g/mol. The summed E-state index contributed by atoms with van der Waals surface area (Å²) in [4.78, 5) is 14.5. The third-order valence-corrected chi connectivity index (χ3v) is 4.18. The molecule has 24 heavy (non-hydrogen) atoms. The van der Waals surface area contributed by atoms with E-state index in [2.05, 4.69) is 5.32 Å². The number of nitrogens with zero attached hydrogens (tertiary/aromatic N) is 1. The van der Waals surface area contributed by atoms with Crippen molar-refractivity contribution in [3.05, 3.63) is 47.5 Å². The predicted octanol–water partition coefficient (Wildman–Crippen LogP) is 3.00. The number of amides is 1. The molecule has 0 aromatic heterocycles. The van der Waals surface area contributed by atoms with Gasteiger partial charge in [0.05, 0.1) is 19.8 Å². The van der Waals surface area contributed by atoms with Crippen molar-refractivity contribution in [1.29, 1.82) is 0 Å². The summed E-state index contributed by atoms with van der Waals surface area (Å²) in [6, 6.07) is 10.8. The third kappa shape index (κ3) is 2.50.